The van der Waals surface area contributed by atoms with Crippen LogP contribution in [0.15, 0.2) is 88.9 Å². The van der Waals surface area contributed by atoms with E-state index in [2.05, 4.69) is 10.5 Å². The van der Waals surface area contributed by atoms with E-state index in [0.29, 0.717) is 12.0 Å². The summed E-state index contributed by atoms with van der Waals surface area (Å²) in [6, 6.07) is 22.3. The molecule has 3 rings (SSSR count). The van der Waals surface area contributed by atoms with Crippen LogP contribution in [0.2, 0.25) is 0 Å². The quantitative estimate of drug-likeness (QED) is 0.352. The van der Waals surface area contributed by atoms with Crippen LogP contribution in [0.5, 0.6) is 11.5 Å². The predicted octanol–water partition coefficient (Wildman–Crippen LogP) is 2.78. The van der Waals surface area contributed by atoms with Gasteiger partial charge in [0.15, 0.2) is 11.5 Å². The van der Waals surface area contributed by atoms with Gasteiger partial charge in [-0.05, 0) is 36.2 Å². The van der Waals surface area contributed by atoms with Gasteiger partial charge >= 0.3 is 0 Å². The maximum atomic E-state index is 13.2. The highest BCUT2D eigenvalue weighted by atomic mass is 32.2. The zero-order valence-electron chi connectivity index (χ0n) is 18.1. The number of nitrogens with one attached hydrogen (secondary N) is 1. The topological polar surface area (TPSA) is 108 Å². The molecule has 0 atom stereocenters. The van der Waals surface area contributed by atoms with Crippen LogP contribution in [0.1, 0.15) is 11.1 Å². The van der Waals surface area contributed by atoms with Gasteiger partial charge in [0, 0.05) is 12.1 Å². The zero-order chi connectivity index (χ0) is 23.7. The number of methoxy groups -OCH3 is 1. The smallest absolute Gasteiger partial charge is 0.255 e. The lowest BCUT2D eigenvalue weighted by molar-refractivity contribution is -0.121. The molecule has 0 heterocycles. The fourth-order valence-electron chi connectivity index (χ4n) is 3.10. The maximum Gasteiger partial charge on any atom is 0.255 e. The van der Waals surface area contributed by atoms with Crippen LogP contribution in [0.4, 0.5) is 0 Å². The standard InChI is InChI=1S/C24H25N3O5S/c1-32-22-14-8-11-20(24(22)29)17-25-26-23(28)18-27(16-15-19-9-4-2-5-10-19)33(30,31)21-12-6-3-7-13-21/h2-14,17,29H,15-16,18H2,1H3,(H,26,28)/b25-17-. The first-order valence-corrected chi connectivity index (χ1v) is 11.6. The van der Waals surface area contributed by atoms with Gasteiger partial charge in [0.2, 0.25) is 10.0 Å². The first kappa shape index (κ1) is 24.0. The Kier molecular flexibility index (Phi) is 8.17. The van der Waals surface area contributed by atoms with Crippen molar-refractivity contribution < 1.29 is 23.1 Å². The number of benzene rings is 3. The van der Waals surface area contributed by atoms with Gasteiger partial charge in [-0.15, -0.1) is 0 Å². The van der Waals surface area contributed by atoms with Crippen molar-refractivity contribution in [2.45, 2.75) is 11.3 Å². The molecule has 8 nitrogen and oxygen atoms in total. The number of phenols is 1. The number of carbonyl (C=O) groups excluding carboxylic acids is 1. The normalized spacial score (nSPS) is 11.6. The number of aromatic hydroxyl groups is 1. The summed E-state index contributed by atoms with van der Waals surface area (Å²) >= 11 is 0. The Morgan fingerprint density at radius 3 is 2.36 bits per heavy atom. The van der Waals surface area contributed by atoms with Crippen LogP contribution >= 0.6 is 0 Å². The number of hydrogen-bond donors (Lipinski definition) is 2. The highest BCUT2D eigenvalue weighted by Crippen LogP contribution is 2.27. The highest BCUT2D eigenvalue weighted by molar-refractivity contribution is 7.89. The van der Waals surface area contributed by atoms with E-state index in [9.17, 15) is 18.3 Å². The summed E-state index contributed by atoms with van der Waals surface area (Å²) < 4.78 is 32.5. The summed E-state index contributed by atoms with van der Waals surface area (Å²) in [5, 5.41) is 13.9. The average Bonchev–Trinajstić information content (AvgIpc) is 2.84. The van der Waals surface area contributed by atoms with Crippen molar-refractivity contribution in [3.63, 3.8) is 0 Å². The number of nitrogens with zero attached hydrogens (tertiary/aromatic N) is 2. The molecule has 0 unspecified atom stereocenters. The molecule has 0 spiro atoms. The minimum absolute atomic E-state index is 0.107. The van der Waals surface area contributed by atoms with Gasteiger partial charge in [-0.25, -0.2) is 13.8 Å². The van der Waals surface area contributed by atoms with Gasteiger partial charge in [0.25, 0.3) is 5.91 Å². The largest absolute Gasteiger partial charge is 0.504 e. The van der Waals surface area contributed by atoms with Gasteiger partial charge in [-0.2, -0.15) is 9.41 Å². The van der Waals surface area contributed by atoms with Crippen molar-refractivity contribution in [1.82, 2.24) is 9.73 Å². The van der Waals surface area contributed by atoms with Gasteiger partial charge in [-0.1, -0.05) is 54.6 Å². The molecule has 9 heteroatoms. The second kappa shape index (κ2) is 11.3. The third-order valence-electron chi connectivity index (χ3n) is 4.84. The Bertz CT molecular complexity index is 1200. The fraction of sp³-hybridized carbons (Fsp3) is 0.167. The number of hydrazone groups is 1. The van der Waals surface area contributed by atoms with E-state index in [-0.39, 0.29) is 22.9 Å². The Balaban J connectivity index is 1.73. The van der Waals surface area contributed by atoms with Crippen molar-refractivity contribution in [3.8, 4) is 11.5 Å². The van der Waals surface area contributed by atoms with Gasteiger partial charge in [0.1, 0.15) is 0 Å². The Labute approximate surface area is 193 Å². The van der Waals surface area contributed by atoms with Crippen LogP contribution in [-0.2, 0) is 21.2 Å². The third-order valence-corrected chi connectivity index (χ3v) is 6.70. The van der Waals surface area contributed by atoms with Crippen LogP contribution in [0, 0.1) is 0 Å². The molecular weight excluding hydrogens is 442 g/mol. The molecule has 0 saturated heterocycles. The predicted molar refractivity (Wildman–Crippen MR) is 126 cm³/mol. The van der Waals surface area contributed by atoms with E-state index in [0.717, 1.165) is 9.87 Å². The molecule has 2 N–H and O–H groups in total. The molecule has 3 aromatic rings. The molecule has 0 aliphatic heterocycles. The van der Waals surface area contributed by atoms with E-state index >= 15 is 0 Å². The number of phenolic OH excluding ortho intramolecular Hbond substituents is 1. The second-order valence-corrected chi connectivity index (χ2v) is 9.02. The van der Waals surface area contributed by atoms with Crippen molar-refractivity contribution in [2.24, 2.45) is 5.10 Å². The minimum Gasteiger partial charge on any atom is -0.504 e. The van der Waals surface area contributed by atoms with E-state index in [4.69, 9.17) is 4.74 Å². The first-order chi connectivity index (χ1) is 15.9. The molecule has 0 radical (unpaired) electrons. The van der Waals surface area contributed by atoms with Crippen LogP contribution in [-0.4, -0.2) is 50.2 Å². The molecule has 3 aromatic carbocycles. The molecule has 0 aliphatic rings. The summed E-state index contributed by atoms with van der Waals surface area (Å²) in [6.45, 7) is -0.291. The van der Waals surface area contributed by atoms with E-state index in [1.54, 1.807) is 36.4 Å². The number of para-hydroxylation sites is 1. The van der Waals surface area contributed by atoms with Crippen molar-refractivity contribution in [1.29, 1.82) is 0 Å². The molecule has 33 heavy (non-hydrogen) atoms. The fourth-order valence-corrected chi connectivity index (χ4v) is 4.52. The van der Waals surface area contributed by atoms with Gasteiger partial charge in [-0.3, -0.25) is 4.79 Å². The lowest BCUT2D eigenvalue weighted by Crippen LogP contribution is -2.40. The number of rotatable bonds is 10. The summed E-state index contributed by atoms with van der Waals surface area (Å²) in [4.78, 5) is 12.6. The van der Waals surface area contributed by atoms with E-state index in [1.807, 2.05) is 30.3 Å². The molecule has 0 bridgehead atoms. The molecule has 172 valence electrons. The van der Waals surface area contributed by atoms with E-state index < -0.39 is 22.5 Å². The number of amides is 1. The van der Waals surface area contributed by atoms with E-state index in [1.165, 1.54) is 25.5 Å². The minimum atomic E-state index is -3.90. The number of hydrogen-bond acceptors (Lipinski definition) is 6. The van der Waals surface area contributed by atoms with Crippen LogP contribution in [0.3, 0.4) is 0 Å². The molecule has 0 saturated carbocycles. The van der Waals surface area contributed by atoms with Crippen LogP contribution in [0.25, 0.3) is 0 Å². The molecule has 0 fully saturated rings. The van der Waals surface area contributed by atoms with Gasteiger partial charge in [0.05, 0.1) is 24.8 Å². The van der Waals surface area contributed by atoms with Crippen molar-refractivity contribution in [3.05, 3.63) is 90.0 Å². The van der Waals surface area contributed by atoms with Gasteiger partial charge < -0.3 is 9.84 Å². The number of carbonyl (C=O) groups is 1. The lowest BCUT2D eigenvalue weighted by atomic mass is 10.1. The summed E-state index contributed by atoms with van der Waals surface area (Å²) in [5.74, 6) is -0.457. The van der Waals surface area contributed by atoms with Crippen LogP contribution < -0.4 is 10.2 Å². The summed E-state index contributed by atoms with van der Waals surface area (Å²) in [5.41, 5.74) is 3.62. The molecule has 1 amide bonds. The highest BCUT2D eigenvalue weighted by Gasteiger charge is 2.26. The molecular formula is C24H25N3O5S. The monoisotopic (exact) mass is 467 g/mol. The lowest BCUT2D eigenvalue weighted by Gasteiger charge is -2.21. The molecule has 0 aliphatic carbocycles. The number of sulfonamides is 1. The maximum absolute atomic E-state index is 13.2. The molecule has 0 aromatic heterocycles. The number of ether oxygens (including phenoxy) is 1. The Hall–Kier alpha value is -3.69. The van der Waals surface area contributed by atoms with Crippen molar-refractivity contribution in [2.75, 3.05) is 20.2 Å². The summed E-state index contributed by atoms with van der Waals surface area (Å²) in [6.07, 6.45) is 1.71. The summed E-state index contributed by atoms with van der Waals surface area (Å²) in [7, 11) is -2.47. The van der Waals surface area contributed by atoms with Crippen molar-refractivity contribution >= 4 is 22.1 Å². The zero-order valence-corrected chi connectivity index (χ0v) is 18.9. The average molecular weight is 468 g/mol. The Morgan fingerprint density at radius 2 is 1.70 bits per heavy atom. The SMILES string of the molecule is COc1cccc(/C=N\NC(=O)CN(CCc2ccccc2)S(=O)(=O)c2ccccc2)c1O. The Morgan fingerprint density at radius 1 is 1.03 bits per heavy atom. The second-order valence-electron chi connectivity index (χ2n) is 7.08. The third kappa shape index (κ3) is 6.41. The first-order valence-electron chi connectivity index (χ1n) is 10.2.